The van der Waals surface area contributed by atoms with Crippen molar-refractivity contribution in [1.82, 2.24) is 4.98 Å². The van der Waals surface area contributed by atoms with Gasteiger partial charge in [-0.05, 0) is 36.4 Å². The molecular formula is C14H12FN3O3. The van der Waals surface area contributed by atoms with E-state index in [9.17, 15) is 14.0 Å². The van der Waals surface area contributed by atoms with Crippen LogP contribution in [0.4, 0.5) is 20.6 Å². The monoisotopic (exact) mass is 289 g/mol. The van der Waals surface area contributed by atoms with Crippen LogP contribution >= 0.6 is 0 Å². The number of halogens is 1. The summed E-state index contributed by atoms with van der Waals surface area (Å²) in [6.07, 6.45) is 1.19. The Morgan fingerprint density at radius 2 is 1.67 bits per heavy atom. The number of hydrogen-bond acceptors (Lipinski definition) is 3. The second-order valence-corrected chi connectivity index (χ2v) is 4.19. The number of benzene rings is 1. The first kappa shape index (κ1) is 14.4. The van der Waals surface area contributed by atoms with Crippen LogP contribution in [0.25, 0.3) is 0 Å². The fourth-order valence-corrected chi connectivity index (χ4v) is 1.58. The summed E-state index contributed by atoms with van der Waals surface area (Å²) in [7, 11) is 0. The van der Waals surface area contributed by atoms with Gasteiger partial charge in [0.2, 0.25) is 0 Å². The van der Waals surface area contributed by atoms with Gasteiger partial charge in [0, 0.05) is 5.69 Å². The molecule has 0 radical (unpaired) electrons. The van der Waals surface area contributed by atoms with Crippen molar-refractivity contribution in [1.29, 1.82) is 0 Å². The van der Waals surface area contributed by atoms with Gasteiger partial charge in [-0.3, -0.25) is 9.78 Å². The van der Waals surface area contributed by atoms with Gasteiger partial charge in [0.25, 0.3) is 0 Å². The number of carboxylic acid groups (broad SMARTS) is 1. The summed E-state index contributed by atoms with van der Waals surface area (Å²) in [4.78, 5) is 26.1. The van der Waals surface area contributed by atoms with E-state index in [2.05, 4.69) is 15.6 Å². The van der Waals surface area contributed by atoms with Crippen LogP contribution in [0.5, 0.6) is 0 Å². The molecule has 0 fully saturated rings. The second-order valence-electron chi connectivity index (χ2n) is 4.19. The van der Waals surface area contributed by atoms with E-state index in [0.717, 1.165) is 0 Å². The first-order valence-electron chi connectivity index (χ1n) is 6.03. The third kappa shape index (κ3) is 4.57. The molecular weight excluding hydrogens is 277 g/mol. The number of amides is 2. The number of carbonyl (C=O) groups is 2. The zero-order chi connectivity index (χ0) is 15.2. The molecule has 0 atom stereocenters. The predicted octanol–water partition coefficient (Wildman–Crippen LogP) is 2.49. The molecule has 1 aromatic heterocycles. The highest BCUT2D eigenvalue weighted by Gasteiger charge is 2.05. The van der Waals surface area contributed by atoms with E-state index < -0.39 is 12.0 Å². The van der Waals surface area contributed by atoms with Crippen molar-refractivity contribution in [2.75, 3.05) is 10.6 Å². The number of aromatic nitrogens is 1. The fourth-order valence-electron chi connectivity index (χ4n) is 1.58. The summed E-state index contributed by atoms with van der Waals surface area (Å²) in [6, 6.07) is 7.90. The van der Waals surface area contributed by atoms with Crippen LogP contribution in [0.3, 0.4) is 0 Å². The fraction of sp³-hybridized carbons (Fsp3) is 0.0714. The van der Waals surface area contributed by atoms with Crippen molar-refractivity contribution >= 4 is 23.4 Å². The molecule has 2 aromatic rings. The van der Waals surface area contributed by atoms with Gasteiger partial charge in [-0.25, -0.2) is 9.18 Å². The number of nitrogens with one attached hydrogen (secondary N) is 2. The Bertz CT molecular complexity index is 642. The molecule has 2 amide bonds. The van der Waals surface area contributed by atoms with E-state index in [4.69, 9.17) is 5.11 Å². The molecule has 7 heteroatoms. The van der Waals surface area contributed by atoms with E-state index >= 15 is 0 Å². The minimum absolute atomic E-state index is 0.179. The average Bonchev–Trinajstić information content (AvgIpc) is 2.43. The van der Waals surface area contributed by atoms with E-state index in [0.29, 0.717) is 17.1 Å². The van der Waals surface area contributed by atoms with Crippen LogP contribution in [0.15, 0.2) is 42.6 Å². The van der Waals surface area contributed by atoms with Crippen LogP contribution < -0.4 is 10.6 Å². The maximum absolute atomic E-state index is 12.7. The number of pyridine rings is 1. The zero-order valence-electron chi connectivity index (χ0n) is 10.8. The number of carboxylic acids is 1. The van der Waals surface area contributed by atoms with E-state index in [1.165, 1.54) is 36.5 Å². The molecule has 3 N–H and O–H groups in total. The average molecular weight is 289 g/mol. The number of anilines is 2. The molecule has 1 aromatic carbocycles. The molecule has 0 aliphatic rings. The van der Waals surface area contributed by atoms with Crippen LogP contribution in [-0.2, 0) is 11.2 Å². The third-order valence-corrected chi connectivity index (χ3v) is 2.52. The lowest BCUT2D eigenvalue weighted by Gasteiger charge is -2.07. The first-order valence-corrected chi connectivity index (χ1v) is 6.03. The Hall–Kier alpha value is -2.96. The second kappa shape index (κ2) is 6.47. The largest absolute Gasteiger partial charge is 0.481 e. The SMILES string of the molecule is O=C(O)Cc1ccc(NC(=O)Nc2ccc(F)cc2)cn1. The quantitative estimate of drug-likeness (QED) is 0.806. The lowest BCUT2D eigenvalue weighted by atomic mass is 10.2. The molecule has 0 aliphatic heterocycles. The van der Waals surface area contributed by atoms with Crippen molar-refractivity contribution in [3.63, 3.8) is 0 Å². The molecule has 0 aliphatic carbocycles. The standard InChI is InChI=1S/C14H12FN3O3/c15-9-1-3-10(4-2-9)17-14(21)18-12-6-5-11(16-8-12)7-13(19)20/h1-6,8H,7H2,(H,19,20)(H2,17,18,21). The van der Waals surface area contributed by atoms with Crippen molar-refractivity contribution in [2.24, 2.45) is 0 Å². The zero-order valence-corrected chi connectivity index (χ0v) is 10.8. The Balaban J connectivity index is 1.93. The highest BCUT2D eigenvalue weighted by Crippen LogP contribution is 2.10. The number of rotatable bonds is 4. The molecule has 6 nitrogen and oxygen atoms in total. The Morgan fingerprint density at radius 1 is 1.05 bits per heavy atom. The van der Waals surface area contributed by atoms with Gasteiger partial charge < -0.3 is 15.7 Å². The Labute approximate surface area is 119 Å². The van der Waals surface area contributed by atoms with E-state index in [1.54, 1.807) is 6.07 Å². The van der Waals surface area contributed by atoms with Crippen LogP contribution in [0.2, 0.25) is 0 Å². The summed E-state index contributed by atoms with van der Waals surface area (Å²) in [5.41, 5.74) is 1.26. The van der Waals surface area contributed by atoms with Gasteiger partial charge in [0.1, 0.15) is 5.82 Å². The molecule has 0 saturated heterocycles. The topological polar surface area (TPSA) is 91.3 Å². The van der Waals surface area contributed by atoms with Gasteiger partial charge in [0.05, 0.1) is 24.0 Å². The number of nitrogens with zero attached hydrogens (tertiary/aromatic N) is 1. The highest BCUT2D eigenvalue weighted by atomic mass is 19.1. The van der Waals surface area contributed by atoms with Gasteiger partial charge in [-0.2, -0.15) is 0 Å². The van der Waals surface area contributed by atoms with Crippen LogP contribution in [0, 0.1) is 5.82 Å². The van der Waals surface area contributed by atoms with Crippen LogP contribution in [-0.4, -0.2) is 22.1 Å². The minimum Gasteiger partial charge on any atom is -0.481 e. The van der Waals surface area contributed by atoms with E-state index in [1.807, 2.05) is 0 Å². The van der Waals surface area contributed by atoms with Crippen molar-refractivity contribution in [3.05, 3.63) is 54.1 Å². The normalized spacial score (nSPS) is 9.95. The van der Waals surface area contributed by atoms with Crippen LogP contribution in [0.1, 0.15) is 5.69 Å². The smallest absolute Gasteiger partial charge is 0.323 e. The lowest BCUT2D eigenvalue weighted by molar-refractivity contribution is -0.136. The highest BCUT2D eigenvalue weighted by molar-refractivity contribution is 5.99. The van der Waals surface area contributed by atoms with Gasteiger partial charge in [0.15, 0.2) is 0 Å². The third-order valence-electron chi connectivity index (χ3n) is 2.52. The lowest BCUT2D eigenvalue weighted by Crippen LogP contribution is -2.19. The van der Waals surface area contributed by atoms with Crippen molar-refractivity contribution < 1.29 is 19.1 Å². The number of hydrogen-bond donors (Lipinski definition) is 3. The summed E-state index contributed by atoms with van der Waals surface area (Å²) < 4.78 is 12.7. The predicted molar refractivity (Wildman–Crippen MR) is 74.6 cm³/mol. The Kier molecular flexibility index (Phi) is 4.45. The molecule has 1 heterocycles. The molecule has 0 unspecified atom stereocenters. The number of aliphatic carboxylic acids is 1. The summed E-state index contributed by atoms with van der Waals surface area (Å²) in [5.74, 6) is -1.36. The Morgan fingerprint density at radius 3 is 2.24 bits per heavy atom. The molecule has 108 valence electrons. The van der Waals surface area contributed by atoms with Gasteiger partial charge in [-0.1, -0.05) is 0 Å². The van der Waals surface area contributed by atoms with Crippen molar-refractivity contribution in [3.8, 4) is 0 Å². The minimum atomic E-state index is -0.975. The number of urea groups is 1. The molecule has 2 rings (SSSR count). The molecule has 0 bridgehead atoms. The summed E-state index contributed by atoms with van der Waals surface area (Å²) >= 11 is 0. The molecule has 0 saturated carbocycles. The van der Waals surface area contributed by atoms with Crippen molar-refractivity contribution in [2.45, 2.75) is 6.42 Å². The maximum Gasteiger partial charge on any atom is 0.323 e. The summed E-state index contributed by atoms with van der Waals surface area (Å²) in [5, 5.41) is 13.7. The maximum atomic E-state index is 12.7. The molecule has 0 spiro atoms. The van der Waals surface area contributed by atoms with Gasteiger partial charge in [-0.15, -0.1) is 0 Å². The molecule has 21 heavy (non-hydrogen) atoms. The van der Waals surface area contributed by atoms with E-state index in [-0.39, 0.29) is 12.2 Å². The van der Waals surface area contributed by atoms with Gasteiger partial charge >= 0.3 is 12.0 Å². The first-order chi connectivity index (χ1) is 10.0. The number of carbonyl (C=O) groups excluding carboxylic acids is 1. The summed E-state index contributed by atoms with van der Waals surface area (Å²) in [6.45, 7) is 0.